The Morgan fingerprint density at radius 3 is 2.57 bits per heavy atom. The summed E-state index contributed by atoms with van der Waals surface area (Å²) in [5.74, 6) is 3.14. The van der Waals surface area contributed by atoms with Gasteiger partial charge in [0.1, 0.15) is 5.78 Å². The minimum absolute atomic E-state index is 0.205. The molecule has 1 saturated heterocycles. The van der Waals surface area contributed by atoms with E-state index in [0.29, 0.717) is 5.78 Å². The van der Waals surface area contributed by atoms with Crippen LogP contribution in [0.1, 0.15) is 32.6 Å². The molecule has 2 rings (SSSR count). The van der Waals surface area contributed by atoms with E-state index in [0.717, 1.165) is 19.3 Å². The van der Waals surface area contributed by atoms with Crippen LogP contribution < -0.4 is 0 Å². The second kappa shape index (κ2) is 4.75. The Bertz CT molecular complexity index is 262. The maximum atomic E-state index is 11.6. The highest BCUT2D eigenvalue weighted by Gasteiger charge is 2.26. The van der Waals surface area contributed by atoms with Crippen molar-refractivity contribution < 1.29 is 4.79 Å². The fraction of sp³-hybridized carbons (Fsp3) is 0.727. The van der Waals surface area contributed by atoms with E-state index in [1.165, 1.54) is 27.7 Å². The van der Waals surface area contributed by atoms with Gasteiger partial charge in [-0.25, -0.2) is 0 Å². The molecule has 0 amide bonds. The normalized spacial score (nSPS) is 29.5. The zero-order chi connectivity index (χ0) is 9.97. The van der Waals surface area contributed by atoms with Gasteiger partial charge in [0.05, 0.1) is 0 Å². The standard InChI is InChI=1S/C11H16OS2/c1-8-9(4-2-5-10(8)12)11-13-6-3-7-14-11/h8H,2-7H2,1H3. The molecule has 0 aromatic carbocycles. The van der Waals surface area contributed by atoms with Crippen LogP contribution in [-0.2, 0) is 4.79 Å². The summed E-state index contributed by atoms with van der Waals surface area (Å²) in [5, 5.41) is 0. The Hall–Kier alpha value is 0.110. The number of carbonyl (C=O) groups excluding carboxylic acids is 1. The number of hydrogen-bond acceptors (Lipinski definition) is 3. The Labute approximate surface area is 94.1 Å². The first kappa shape index (κ1) is 10.6. The van der Waals surface area contributed by atoms with Crippen molar-refractivity contribution in [3.63, 3.8) is 0 Å². The monoisotopic (exact) mass is 228 g/mol. The summed E-state index contributed by atoms with van der Waals surface area (Å²) >= 11 is 3.93. The second-order valence-electron chi connectivity index (χ2n) is 3.90. The quantitative estimate of drug-likeness (QED) is 0.632. The summed E-state index contributed by atoms with van der Waals surface area (Å²) in [5.41, 5.74) is 1.44. The zero-order valence-corrected chi connectivity index (χ0v) is 10.2. The topological polar surface area (TPSA) is 17.1 Å². The van der Waals surface area contributed by atoms with E-state index in [9.17, 15) is 4.79 Å². The van der Waals surface area contributed by atoms with Crippen LogP contribution in [0.2, 0.25) is 0 Å². The summed E-state index contributed by atoms with van der Waals surface area (Å²) < 4.78 is 1.47. The molecule has 0 radical (unpaired) electrons. The molecule has 1 aliphatic heterocycles. The lowest BCUT2D eigenvalue weighted by Gasteiger charge is -2.25. The molecule has 1 unspecified atom stereocenters. The lowest BCUT2D eigenvalue weighted by molar-refractivity contribution is -0.122. The van der Waals surface area contributed by atoms with Crippen molar-refractivity contribution in [1.29, 1.82) is 0 Å². The molecule has 1 saturated carbocycles. The smallest absolute Gasteiger partial charge is 0.139 e. The highest BCUT2D eigenvalue weighted by Crippen LogP contribution is 2.42. The predicted molar refractivity (Wildman–Crippen MR) is 64.6 cm³/mol. The Kier molecular flexibility index (Phi) is 3.61. The van der Waals surface area contributed by atoms with Crippen LogP contribution in [0.15, 0.2) is 9.81 Å². The first-order chi connectivity index (χ1) is 6.79. The van der Waals surface area contributed by atoms with Crippen LogP contribution in [0.5, 0.6) is 0 Å². The number of carbonyl (C=O) groups is 1. The molecule has 0 bridgehead atoms. The number of hydrogen-bond donors (Lipinski definition) is 0. The molecule has 3 heteroatoms. The molecule has 0 spiro atoms. The molecule has 0 N–H and O–H groups in total. The van der Waals surface area contributed by atoms with Gasteiger partial charge in [-0.1, -0.05) is 6.92 Å². The molecule has 1 nitrogen and oxygen atoms in total. The van der Waals surface area contributed by atoms with E-state index in [2.05, 4.69) is 6.92 Å². The molecular formula is C11H16OS2. The van der Waals surface area contributed by atoms with Crippen molar-refractivity contribution in [2.45, 2.75) is 32.6 Å². The molecule has 78 valence electrons. The molecule has 0 aromatic heterocycles. The molecule has 1 atom stereocenters. The summed E-state index contributed by atoms with van der Waals surface area (Å²) in [6.45, 7) is 2.08. The maximum absolute atomic E-state index is 11.6. The largest absolute Gasteiger partial charge is 0.299 e. The van der Waals surface area contributed by atoms with Gasteiger partial charge in [0.15, 0.2) is 0 Å². The molecule has 1 aliphatic carbocycles. The highest BCUT2D eigenvalue weighted by atomic mass is 32.2. The summed E-state index contributed by atoms with van der Waals surface area (Å²) in [7, 11) is 0. The Balaban J connectivity index is 2.17. The first-order valence-corrected chi connectivity index (χ1v) is 7.27. The van der Waals surface area contributed by atoms with Crippen molar-refractivity contribution >= 4 is 29.3 Å². The summed E-state index contributed by atoms with van der Waals surface area (Å²) in [4.78, 5) is 11.6. The number of Topliss-reactive ketones (excluding diaryl/α,β-unsaturated/α-hetero) is 1. The summed E-state index contributed by atoms with van der Waals surface area (Å²) in [6.07, 6.45) is 4.34. The molecule has 2 aliphatic rings. The number of rotatable bonds is 0. The van der Waals surface area contributed by atoms with Gasteiger partial charge < -0.3 is 0 Å². The highest BCUT2D eigenvalue weighted by molar-refractivity contribution is 8.22. The third-order valence-corrected chi connectivity index (χ3v) is 5.63. The second-order valence-corrected chi connectivity index (χ2v) is 6.37. The fourth-order valence-electron chi connectivity index (χ4n) is 1.97. The first-order valence-electron chi connectivity index (χ1n) is 5.30. The van der Waals surface area contributed by atoms with E-state index >= 15 is 0 Å². The van der Waals surface area contributed by atoms with E-state index in [1.807, 2.05) is 23.5 Å². The molecule has 2 fully saturated rings. The Morgan fingerprint density at radius 1 is 1.14 bits per heavy atom. The van der Waals surface area contributed by atoms with Gasteiger partial charge in [0.25, 0.3) is 0 Å². The number of thioether (sulfide) groups is 2. The van der Waals surface area contributed by atoms with Crippen molar-refractivity contribution in [2.24, 2.45) is 5.92 Å². The predicted octanol–water partition coefficient (Wildman–Crippen LogP) is 3.46. The number of allylic oxidation sites excluding steroid dienone is 1. The molecule has 1 heterocycles. The van der Waals surface area contributed by atoms with Crippen LogP contribution in [0, 0.1) is 5.92 Å². The van der Waals surface area contributed by atoms with E-state index < -0.39 is 0 Å². The van der Waals surface area contributed by atoms with Crippen LogP contribution in [-0.4, -0.2) is 17.3 Å². The zero-order valence-electron chi connectivity index (χ0n) is 8.54. The van der Waals surface area contributed by atoms with Gasteiger partial charge in [0, 0.05) is 16.6 Å². The lowest BCUT2D eigenvalue weighted by Crippen LogP contribution is -2.19. The average Bonchev–Trinajstić information content (AvgIpc) is 2.23. The third-order valence-electron chi connectivity index (χ3n) is 2.89. The van der Waals surface area contributed by atoms with E-state index in [1.54, 1.807) is 0 Å². The SMILES string of the molecule is CC1C(=O)CCCC1=C1SCCCS1. The molecule has 14 heavy (non-hydrogen) atoms. The Morgan fingerprint density at radius 2 is 1.86 bits per heavy atom. The lowest BCUT2D eigenvalue weighted by atomic mass is 9.85. The van der Waals surface area contributed by atoms with Gasteiger partial charge in [-0.05, 0) is 36.3 Å². The maximum Gasteiger partial charge on any atom is 0.139 e. The average molecular weight is 228 g/mol. The minimum atomic E-state index is 0.205. The van der Waals surface area contributed by atoms with Crippen molar-refractivity contribution in [3.05, 3.63) is 9.81 Å². The van der Waals surface area contributed by atoms with E-state index in [4.69, 9.17) is 0 Å². The van der Waals surface area contributed by atoms with Gasteiger partial charge in [-0.3, -0.25) is 4.79 Å². The van der Waals surface area contributed by atoms with Crippen LogP contribution in [0.4, 0.5) is 0 Å². The van der Waals surface area contributed by atoms with E-state index in [-0.39, 0.29) is 5.92 Å². The van der Waals surface area contributed by atoms with Crippen molar-refractivity contribution in [3.8, 4) is 0 Å². The minimum Gasteiger partial charge on any atom is -0.299 e. The van der Waals surface area contributed by atoms with Crippen molar-refractivity contribution in [1.82, 2.24) is 0 Å². The van der Waals surface area contributed by atoms with Gasteiger partial charge in [0.2, 0.25) is 0 Å². The van der Waals surface area contributed by atoms with Crippen LogP contribution in [0.3, 0.4) is 0 Å². The van der Waals surface area contributed by atoms with Gasteiger partial charge in [-0.2, -0.15) is 0 Å². The fourth-order valence-corrected chi connectivity index (χ4v) is 4.87. The number of ketones is 1. The molecule has 0 aromatic rings. The summed E-state index contributed by atoms with van der Waals surface area (Å²) in [6, 6.07) is 0. The van der Waals surface area contributed by atoms with Gasteiger partial charge in [-0.15, -0.1) is 23.5 Å². The van der Waals surface area contributed by atoms with Crippen LogP contribution >= 0.6 is 23.5 Å². The van der Waals surface area contributed by atoms with Crippen molar-refractivity contribution in [2.75, 3.05) is 11.5 Å². The van der Waals surface area contributed by atoms with Gasteiger partial charge >= 0.3 is 0 Å². The third kappa shape index (κ3) is 2.19. The molecular weight excluding hydrogens is 212 g/mol. The van der Waals surface area contributed by atoms with Crippen LogP contribution in [0.25, 0.3) is 0 Å².